The van der Waals surface area contributed by atoms with E-state index in [-0.39, 0.29) is 6.01 Å². The zero-order valence-electron chi connectivity index (χ0n) is 20.1. The number of fused-ring (bicyclic) bond motifs is 2. The minimum absolute atomic E-state index is 0.206. The molecular weight excluding hydrogens is 430 g/mol. The van der Waals surface area contributed by atoms with Crippen molar-refractivity contribution in [2.45, 2.75) is 51.4 Å². The molecule has 0 spiro atoms. The quantitative estimate of drug-likeness (QED) is 0.464. The third-order valence-electron chi connectivity index (χ3n) is 6.19. The molecule has 1 aliphatic heterocycles. The number of aromatic nitrogens is 4. The van der Waals surface area contributed by atoms with E-state index in [2.05, 4.69) is 33.1 Å². The lowest BCUT2D eigenvalue weighted by Crippen LogP contribution is -2.31. The molecule has 0 aliphatic carbocycles. The first kappa shape index (κ1) is 22.6. The third kappa shape index (κ3) is 4.56. The van der Waals surface area contributed by atoms with Crippen LogP contribution in [0.4, 0.5) is 0 Å². The number of hydrogen-bond acceptors (Lipinski definition) is 7. The Hall–Kier alpha value is -3.23. The summed E-state index contributed by atoms with van der Waals surface area (Å²) in [5, 5.41) is 18.0. The number of hydrogen-bond donors (Lipinski definition) is 1. The number of aliphatic hydroxyl groups excluding tert-OH is 1. The third-order valence-corrected chi connectivity index (χ3v) is 6.19. The molecule has 2 atom stereocenters. The van der Waals surface area contributed by atoms with E-state index in [9.17, 15) is 5.11 Å². The Kier molecular flexibility index (Phi) is 5.87. The Morgan fingerprint density at radius 3 is 2.68 bits per heavy atom. The molecule has 1 fully saturated rings. The summed E-state index contributed by atoms with van der Waals surface area (Å²) in [6.45, 7) is 7.42. The van der Waals surface area contributed by atoms with Crippen LogP contribution in [0.25, 0.3) is 16.4 Å². The second-order valence-corrected chi connectivity index (χ2v) is 9.93. The van der Waals surface area contributed by atoms with E-state index in [0.717, 1.165) is 35.7 Å². The molecule has 1 aliphatic rings. The number of aliphatic hydroxyl groups is 1. The fraction of sp³-hybridized carbons (Fsp3) is 0.423. The van der Waals surface area contributed by atoms with Gasteiger partial charge >= 0.3 is 6.01 Å². The van der Waals surface area contributed by atoms with Crippen LogP contribution >= 0.6 is 0 Å². The molecule has 34 heavy (non-hydrogen) atoms. The molecule has 178 valence electrons. The van der Waals surface area contributed by atoms with Crippen LogP contribution in [-0.4, -0.2) is 61.4 Å². The maximum Gasteiger partial charge on any atom is 0.337 e. The van der Waals surface area contributed by atoms with Gasteiger partial charge in [0, 0.05) is 6.04 Å². The molecule has 4 aromatic rings. The Labute approximate surface area is 199 Å². The van der Waals surface area contributed by atoms with Gasteiger partial charge in [-0.3, -0.25) is 0 Å². The van der Waals surface area contributed by atoms with Crippen LogP contribution in [0, 0.1) is 0 Å². The fourth-order valence-corrected chi connectivity index (χ4v) is 4.37. The van der Waals surface area contributed by atoms with E-state index in [0.29, 0.717) is 29.9 Å². The lowest BCUT2D eigenvalue weighted by Gasteiger charge is -2.22. The number of likely N-dealkylation sites (tertiary alicyclic amines) is 1. The van der Waals surface area contributed by atoms with Crippen molar-refractivity contribution in [3.05, 3.63) is 59.9 Å². The highest BCUT2D eigenvalue weighted by atomic mass is 16.5. The monoisotopic (exact) mass is 461 g/mol. The van der Waals surface area contributed by atoms with Gasteiger partial charge in [-0.05, 0) is 69.6 Å². The zero-order valence-corrected chi connectivity index (χ0v) is 20.1. The molecule has 2 aromatic heterocycles. The molecule has 1 saturated heterocycles. The van der Waals surface area contributed by atoms with Crippen LogP contribution in [0.1, 0.15) is 51.0 Å². The first-order valence-corrected chi connectivity index (χ1v) is 11.7. The lowest BCUT2D eigenvalue weighted by atomic mass is 10.0. The summed E-state index contributed by atoms with van der Waals surface area (Å²) in [5.41, 5.74) is 1.23. The van der Waals surface area contributed by atoms with Gasteiger partial charge in [0.2, 0.25) is 5.65 Å². The van der Waals surface area contributed by atoms with E-state index in [1.54, 1.807) is 10.7 Å². The molecule has 1 unspecified atom stereocenters. The summed E-state index contributed by atoms with van der Waals surface area (Å²) in [5.74, 6) is 0.328. The van der Waals surface area contributed by atoms with Gasteiger partial charge in [0.15, 0.2) is 0 Å². The number of ether oxygens (including phenoxy) is 2. The maximum absolute atomic E-state index is 11.3. The van der Waals surface area contributed by atoms with Gasteiger partial charge in [0.05, 0.1) is 11.9 Å². The molecule has 2 aromatic carbocycles. The van der Waals surface area contributed by atoms with E-state index in [4.69, 9.17) is 9.47 Å². The normalized spacial score (nSPS) is 18.0. The highest BCUT2D eigenvalue weighted by Gasteiger charge is 2.25. The number of likely N-dealkylation sites (N-methyl/N-ethyl adjacent to an activating group) is 1. The van der Waals surface area contributed by atoms with Crippen LogP contribution in [0.2, 0.25) is 0 Å². The first-order chi connectivity index (χ1) is 16.3. The Morgan fingerprint density at radius 1 is 1.15 bits per heavy atom. The summed E-state index contributed by atoms with van der Waals surface area (Å²) in [7, 11) is 2.10. The maximum atomic E-state index is 11.3. The SMILES string of the molecule is CN1CCC[C@H]1COc1nc(OC(C)(C)C)c2ncc(C(O)c3ccc4ccccc4c3)n2n1. The van der Waals surface area contributed by atoms with E-state index < -0.39 is 11.7 Å². The highest BCUT2D eigenvalue weighted by Crippen LogP contribution is 2.30. The number of nitrogens with zero attached hydrogens (tertiary/aromatic N) is 5. The van der Waals surface area contributed by atoms with Gasteiger partial charge in [-0.1, -0.05) is 36.4 Å². The first-order valence-electron chi connectivity index (χ1n) is 11.7. The van der Waals surface area contributed by atoms with Gasteiger partial charge in [-0.2, -0.15) is 4.98 Å². The fourth-order valence-electron chi connectivity index (χ4n) is 4.37. The predicted molar refractivity (Wildman–Crippen MR) is 130 cm³/mol. The molecule has 5 rings (SSSR count). The van der Waals surface area contributed by atoms with Crippen LogP contribution < -0.4 is 9.47 Å². The average Bonchev–Trinajstić information content (AvgIpc) is 3.42. The number of rotatable bonds is 6. The Morgan fingerprint density at radius 2 is 1.94 bits per heavy atom. The summed E-state index contributed by atoms with van der Waals surface area (Å²) >= 11 is 0. The van der Waals surface area contributed by atoms with E-state index in [1.165, 1.54) is 0 Å². The highest BCUT2D eigenvalue weighted by molar-refractivity contribution is 5.83. The largest absolute Gasteiger partial charge is 0.469 e. The second-order valence-electron chi connectivity index (χ2n) is 9.93. The van der Waals surface area contributed by atoms with Crippen LogP contribution in [-0.2, 0) is 0 Å². The van der Waals surface area contributed by atoms with Gasteiger partial charge in [-0.15, -0.1) is 5.10 Å². The minimum Gasteiger partial charge on any atom is -0.469 e. The van der Waals surface area contributed by atoms with E-state index in [1.807, 2.05) is 57.2 Å². The molecule has 8 heteroatoms. The van der Waals surface area contributed by atoms with Crippen molar-refractivity contribution >= 4 is 16.4 Å². The van der Waals surface area contributed by atoms with Crippen LogP contribution in [0.3, 0.4) is 0 Å². The lowest BCUT2D eigenvalue weighted by molar-refractivity contribution is 0.121. The van der Waals surface area contributed by atoms with Crippen molar-refractivity contribution < 1.29 is 14.6 Å². The summed E-state index contributed by atoms with van der Waals surface area (Å²) in [6, 6.07) is 14.5. The van der Waals surface area contributed by atoms with Gasteiger partial charge in [-0.25, -0.2) is 9.50 Å². The van der Waals surface area contributed by atoms with E-state index >= 15 is 0 Å². The van der Waals surface area contributed by atoms with Gasteiger partial charge < -0.3 is 19.5 Å². The zero-order chi connectivity index (χ0) is 23.9. The van der Waals surface area contributed by atoms with Crippen molar-refractivity contribution in [3.8, 4) is 11.9 Å². The van der Waals surface area contributed by atoms with Crippen molar-refractivity contribution in [2.24, 2.45) is 0 Å². The van der Waals surface area contributed by atoms with Crippen molar-refractivity contribution in [1.82, 2.24) is 24.5 Å². The molecule has 8 nitrogen and oxygen atoms in total. The summed E-state index contributed by atoms with van der Waals surface area (Å²) < 4.78 is 13.7. The second kappa shape index (κ2) is 8.85. The van der Waals surface area contributed by atoms with Crippen molar-refractivity contribution in [2.75, 3.05) is 20.2 Å². The number of imidazole rings is 1. The van der Waals surface area contributed by atoms with Crippen molar-refractivity contribution in [1.29, 1.82) is 0 Å². The summed E-state index contributed by atoms with van der Waals surface area (Å²) in [6.07, 6.45) is 2.94. The predicted octanol–water partition coefficient (Wildman–Crippen LogP) is 4.01. The van der Waals surface area contributed by atoms with Crippen LogP contribution in [0.15, 0.2) is 48.7 Å². The minimum atomic E-state index is -0.925. The van der Waals surface area contributed by atoms with Crippen LogP contribution in [0.5, 0.6) is 11.9 Å². The Balaban J connectivity index is 1.52. The van der Waals surface area contributed by atoms with Crippen molar-refractivity contribution in [3.63, 3.8) is 0 Å². The molecule has 0 amide bonds. The Bertz CT molecular complexity index is 1310. The molecule has 0 bridgehead atoms. The number of benzene rings is 2. The molecule has 3 heterocycles. The topological polar surface area (TPSA) is 85.0 Å². The van der Waals surface area contributed by atoms with Gasteiger partial charge in [0.25, 0.3) is 5.88 Å². The smallest absolute Gasteiger partial charge is 0.337 e. The molecule has 0 saturated carbocycles. The molecule has 0 radical (unpaired) electrons. The molecular formula is C26H31N5O3. The van der Waals surface area contributed by atoms with Gasteiger partial charge in [0.1, 0.15) is 18.3 Å². The molecule has 1 N–H and O–H groups in total. The standard InChI is InChI=1S/C26H31N5O3/c1-26(2,3)34-24-23-27-15-21(22(32)19-12-11-17-8-5-6-9-18(17)14-19)31(23)29-25(28-24)33-16-20-10-7-13-30(20)4/h5-6,8-9,11-12,14-15,20,22,32H,7,10,13,16H2,1-4H3/t20-,22?/m0/s1. The summed E-state index contributed by atoms with van der Waals surface area (Å²) in [4.78, 5) is 11.3. The average molecular weight is 462 g/mol.